The molecule has 0 N–H and O–H groups in total. The van der Waals surface area contributed by atoms with Gasteiger partial charge in [-0.25, -0.2) is 0 Å². The summed E-state index contributed by atoms with van der Waals surface area (Å²) in [6.07, 6.45) is -0.0926. The minimum atomic E-state index is -0.0926. The molecule has 0 saturated carbocycles. The van der Waals surface area contributed by atoms with Gasteiger partial charge in [-0.15, -0.1) is 6.58 Å². The molecule has 0 aromatic carbocycles. The Bertz CT molecular complexity index is 55.0. The maximum absolute atomic E-state index is 6.93. The molecule has 0 saturated heterocycles. The summed E-state index contributed by atoms with van der Waals surface area (Å²) in [5, 5.41) is 0. The predicted molar refractivity (Wildman–Crippen MR) is 25.1 cm³/mol. The molecular formula is C5H10. The lowest BCUT2D eigenvalue weighted by Crippen LogP contribution is -1.58. The van der Waals surface area contributed by atoms with Crippen LogP contribution in [0.4, 0.5) is 0 Å². The summed E-state index contributed by atoms with van der Waals surface area (Å²) >= 11 is 0. The third kappa shape index (κ3) is 3.74. The molecule has 0 rings (SSSR count). The zero-order chi connectivity index (χ0) is 5.15. The molecule has 0 amide bonds. The van der Waals surface area contributed by atoms with Crippen LogP contribution >= 0.6 is 0 Å². The van der Waals surface area contributed by atoms with E-state index < -0.39 is 0 Å². The Balaban J connectivity index is 3.26. The average Bonchev–Trinajstić information content (AvgIpc) is 1.36. The maximum atomic E-state index is 6.93. The van der Waals surface area contributed by atoms with Gasteiger partial charge in [-0.2, -0.15) is 0 Å². The molecule has 0 fully saturated rings. The number of hydrogen-bond donors (Lipinski definition) is 0. The van der Waals surface area contributed by atoms with E-state index >= 15 is 0 Å². The summed E-state index contributed by atoms with van der Waals surface area (Å²) < 4.78 is 6.93. The van der Waals surface area contributed by atoms with Crippen LogP contribution in [0.3, 0.4) is 0 Å². The van der Waals surface area contributed by atoms with E-state index in [2.05, 4.69) is 6.58 Å². The van der Waals surface area contributed by atoms with Gasteiger partial charge in [-0.1, -0.05) is 12.5 Å². The predicted octanol–water partition coefficient (Wildman–Crippen LogP) is 1.97. The lowest BCUT2D eigenvalue weighted by molar-refractivity contribution is 1.11. The molecule has 0 aromatic heterocycles. The molecule has 0 bridgehead atoms. The average molecular weight is 71.1 g/mol. The molecule has 1 atom stereocenters. The van der Waals surface area contributed by atoms with Gasteiger partial charge in [-0.05, 0) is 13.3 Å². The fraction of sp³-hybridized carbons (Fsp3) is 0.600. The van der Waals surface area contributed by atoms with Crippen LogP contribution in [-0.2, 0) is 0 Å². The molecular weight excluding hydrogens is 60.1 g/mol. The van der Waals surface area contributed by atoms with Gasteiger partial charge < -0.3 is 0 Å². The van der Waals surface area contributed by atoms with Gasteiger partial charge in [0.2, 0.25) is 0 Å². The van der Waals surface area contributed by atoms with Crippen molar-refractivity contribution in [2.24, 2.45) is 0 Å². The lowest BCUT2D eigenvalue weighted by Gasteiger charge is -1.79. The smallest absolute Gasteiger partial charge is 0.0309 e. The fourth-order valence-electron chi connectivity index (χ4n) is 0. The highest BCUT2D eigenvalue weighted by Gasteiger charge is 1.67. The SMILES string of the molecule is [2H][C@@H](C)C(=C)C. The molecule has 5 heavy (non-hydrogen) atoms. The Morgan fingerprint density at radius 3 is 2.40 bits per heavy atom. The van der Waals surface area contributed by atoms with Crippen LogP contribution in [0.15, 0.2) is 12.2 Å². The minimum Gasteiger partial charge on any atom is -0.100 e. The van der Waals surface area contributed by atoms with E-state index in [0.29, 0.717) is 0 Å². The molecule has 0 heterocycles. The standard InChI is InChI=1S/C5H10/c1-4-5(2)3/h2,4H2,1,3H3/i4D/t4-/m0/s1. The second-order valence-corrected chi connectivity index (χ2v) is 1.14. The van der Waals surface area contributed by atoms with Gasteiger partial charge in [0.25, 0.3) is 0 Å². The van der Waals surface area contributed by atoms with Crippen molar-refractivity contribution in [3.8, 4) is 0 Å². The first-order valence-electron chi connectivity index (χ1n) is 2.30. The molecule has 0 radical (unpaired) electrons. The topological polar surface area (TPSA) is 0 Å². The lowest BCUT2D eigenvalue weighted by atomic mass is 10.3. The Kier molecular flexibility index (Phi) is 1.18. The van der Waals surface area contributed by atoms with Gasteiger partial charge in [0.05, 0.1) is 0 Å². The maximum Gasteiger partial charge on any atom is 0.0309 e. The van der Waals surface area contributed by atoms with Gasteiger partial charge in [-0.3, -0.25) is 0 Å². The third-order valence-electron chi connectivity index (χ3n) is 0.493. The summed E-state index contributed by atoms with van der Waals surface area (Å²) in [4.78, 5) is 0. The zero-order valence-corrected chi connectivity index (χ0v) is 3.78. The molecule has 0 spiro atoms. The van der Waals surface area contributed by atoms with Gasteiger partial charge in [0, 0.05) is 1.37 Å². The number of rotatable bonds is 1. The highest BCUT2D eigenvalue weighted by molar-refractivity contribution is 4.84. The molecule has 0 aromatic rings. The van der Waals surface area contributed by atoms with Crippen molar-refractivity contribution in [2.45, 2.75) is 20.2 Å². The van der Waals surface area contributed by atoms with E-state index in [1.807, 2.05) is 13.8 Å². The van der Waals surface area contributed by atoms with E-state index in [1.165, 1.54) is 0 Å². The molecule has 30 valence electrons. The summed E-state index contributed by atoms with van der Waals surface area (Å²) in [7, 11) is 0. The van der Waals surface area contributed by atoms with E-state index in [1.54, 1.807) is 0 Å². The molecule has 0 aliphatic heterocycles. The molecule has 0 heteroatoms. The van der Waals surface area contributed by atoms with Crippen LogP contribution in [0.25, 0.3) is 0 Å². The summed E-state index contributed by atoms with van der Waals surface area (Å²) in [6, 6.07) is 0. The normalized spacial score (nSPS) is 16.8. The largest absolute Gasteiger partial charge is 0.100 e. The van der Waals surface area contributed by atoms with Crippen LogP contribution < -0.4 is 0 Å². The van der Waals surface area contributed by atoms with Crippen molar-refractivity contribution in [3.63, 3.8) is 0 Å². The second kappa shape index (κ2) is 2.01. The van der Waals surface area contributed by atoms with Crippen molar-refractivity contribution in [1.82, 2.24) is 0 Å². The highest BCUT2D eigenvalue weighted by Crippen LogP contribution is 1.88. The van der Waals surface area contributed by atoms with Crippen molar-refractivity contribution >= 4 is 0 Å². The molecule has 0 aliphatic rings. The van der Waals surface area contributed by atoms with E-state index in [9.17, 15) is 0 Å². The zero-order valence-electron chi connectivity index (χ0n) is 4.78. The highest BCUT2D eigenvalue weighted by atomic mass is 13.7. The monoisotopic (exact) mass is 71.1 g/mol. The van der Waals surface area contributed by atoms with Crippen LogP contribution in [-0.4, -0.2) is 0 Å². The molecule has 0 aliphatic carbocycles. The summed E-state index contributed by atoms with van der Waals surface area (Å²) in [6.45, 7) is 7.23. The number of allylic oxidation sites excluding steroid dienone is 1. The van der Waals surface area contributed by atoms with Crippen molar-refractivity contribution in [2.75, 3.05) is 0 Å². The first-order valence-corrected chi connectivity index (χ1v) is 1.72. The van der Waals surface area contributed by atoms with Crippen molar-refractivity contribution in [3.05, 3.63) is 12.2 Å². The van der Waals surface area contributed by atoms with Crippen LogP contribution in [0, 0.1) is 0 Å². The van der Waals surface area contributed by atoms with Crippen molar-refractivity contribution < 1.29 is 1.37 Å². The Morgan fingerprint density at radius 1 is 2.20 bits per heavy atom. The fourth-order valence-corrected chi connectivity index (χ4v) is 0. The summed E-state index contributed by atoms with van der Waals surface area (Å²) in [5.74, 6) is 0. The second-order valence-electron chi connectivity index (χ2n) is 1.14. The first kappa shape index (κ1) is 2.95. The minimum absolute atomic E-state index is 0.0926. The van der Waals surface area contributed by atoms with Gasteiger partial charge in [0.1, 0.15) is 0 Å². The van der Waals surface area contributed by atoms with E-state index in [-0.39, 0.29) is 6.40 Å². The Labute approximate surface area is 34.9 Å². The molecule has 0 unspecified atom stereocenters. The quantitative estimate of drug-likeness (QED) is 0.414. The Hall–Kier alpha value is -0.260. The van der Waals surface area contributed by atoms with Gasteiger partial charge >= 0.3 is 0 Å². The number of hydrogen-bond acceptors (Lipinski definition) is 0. The van der Waals surface area contributed by atoms with Crippen LogP contribution in [0.1, 0.15) is 21.6 Å². The van der Waals surface area contributed by atoms with E-state index in [4.69, 9.17) is 1.37 Å². The van der Waals surface area contributed by atoms with E-state index in [0.717, 1.165) is 5.57 Å². The van der Waals surface area contributed by atoms with Crippen molar-refractivity contribution in [1.29, 1.82) is 0 Å². The third-order valence-corrected chi connectivity index (χ3v) is 0.493. The Morgan fingerprint density at radius 2 is 2.40 bits per heavy atom. The van der Waals surface area contributed by atoms with Crippen LogP contribution in [0.2, 0.25) is 0 Å². The van der Waals surface area contributed by atoms with Gasteiger partial charge in [0.15, 0.2) is 0 Å². The summed E-state index contributed by atoms with van der Waals surface area (Å²) in [5.41, 5.74) is 0.926. The van der Waals surface area contributed by atoms with Crippen LogP contribution in [0.5, 0.6) is 0 Å². The molecule has 0 nitrogen and oxygen atoms in total. The first-order chi connectivity index (χ1) is 2.64.